The zero-order valence-corrected chi connectivity index (χ0v) is 20.2. The maximum Gasteiger partial charge on any atom is 0.265 e. The molecule has 1 aliphatic carbocycles. The van der Waals surface area contributed by atoms with E-state index >= 15 is 0 Å². The molecule has 0 spiro atoms. The molecule has 0 bridgehead atoms. The van der Waals surface area contributed by atoms with Gasteiger partial charge in [0.1, 0.15) is 0 Å². The first-order chi connectivity index (χ1) is 14.8. The average molecular weight is 465 g/mol. The van der Waals surface area contributed by atoms with Crippen molar-refractivity contribution in [2.75, 3.05) is 26.2 Å². The van der Waals surface area contributed by atoms with Gasteiger partial charge in [-0.05, 0) is 42.8 Å². The van der Waals surface area contributed by atoms with Crippen LogP contribution in [0.3, 0.4) is 0 Å². The number of halogens is 2. The Morgan fingerprint density at radius 3 is 2.48 bits per heavy atom. The van der Waals surface area contributed by atoms with Gasteiger partial charge in [-0.25, -0.2) is 17.3 Å². The molecular formula is C24H31F2N2OPS. The zero-order chi connectivity index (χ0) is 22.6. The van der Waals surface area contributed by atoms with Crippen molar-refractivity contribution in [1.29, 1.82) is 0 Å². The molecule has 1 aromatic carbocycles. The molecule has 3 rings (SSSR count). The molecule has 1 heterocycles. The van der Waals surface area contributed by atoms with Crippen LogP contribution >= 0.6 is 9.24 Å². The molecule has 0 radical (unpaired) electrons. The first kappa shape index (κ1) is 23.9. The van der Waals surface area contributed by atoms with Gasteiger partial charge in [-0.2, -0.15) is 0 Å². The molecule has 1 aliphatic heterocycles. The van der Waals surface area contributed by atoms with Crippen LogP contribution in [0.1, 0.15) is 37.5 Å². The third-order valence-electron chi connectivity index (χ3n) is 6.10. The zero-order valence-electron chi connectivity index (χ0n) is 18.2. The highest BCUT2D eigenvalue weighted by Crippen LogP contribution is 2.33. The summed E-state index contributed by atoms with van der Waals surface area (Å²) in [5.41, 5.74) is 2.76. The van der Waals surface area contributed by atoms with Crippen molar-refractivity contribution in [2.45, 2.75) is 38.4 Å². The van der Waals surface area contributed by atoms with Crippen molar-refractivity contribution in [3.05, 3.63) is 71.5 Å². The minimum atomic E-state index is -2.65. The molecule has 1 saturated heterocycles. The largest absolute Gasteiger partial charge is 0.369 e. The third kappa shape index (κ3) is 4.88. The minimum absolute atomic E-state index is 0.0837. The number of hydrogen-bond acceptors (Lipinski definition) is 2. The molecule has 2 aliphatic rings. The number of rotatable bonds is 6. The van der Waals surface area contributed by atoms with Crippen molar-refractivity contribution in [3.63, 3.8) is 0 Å². The van der Waals surface area contributed by atoms with Crippen LogP contribution in [0.2, 0.25) is 0 Å². The normalized spacial score (nSPS) is 20.8. The molecule has 168 valence electrons. The summed E-state index contributed by atoms with van der Waals surface area (Å²) in [5, 5.41) is 3.58. The van der Waals surface area contributed by atoms with E-state index in [1.54, 1.807) is 6.08 Å². The van der Waals surface area contributed by atoms with Gasteiger partial charge in [0.2, 0.25) is 0 Å². The van der Waals surface area contributed by atoms with E-state index in [1.807, 2.05) is 53.4 Å². The predicted molar refractivity (Wildman–Crippen MR) is 131 cm³/mol. The molecule has 3 atom stereocenters. The van der Waals surface area contributed by atoms with E-state index in [-0.39, 0.29) is 10.8 Å². The molecule has 0 N–H and O–H groups in total. The lowest BCUT2D eigenvalue weighted by atomic mass is 10.0. The second-order valence-electron chi connectivity index (χ2n) is 7.76. The lowest BCUT2D eigenvalue weighted by Crippen LogP contribution is -2.50. The molecule has 0 aromatic heterocycles. The van der Waals surface area contributed by atoms with E-state index in [4.69, 9.17) is 0 Å². The number of piperazine rings is 1. The van der Waals surface area contributed by atoms with Gasteiger partial charge in [-0.1, -0.05) is 54.4 Å². The Kier molecular flexibility index (Phi) is 7.93. The van der Waals surface area contributed by atoms with Gasteiger partial charge in [-0.15, -0.1) is 9.24 Å². The van der Waals surface area contributed by atoms with Crippen molar-refractivity contribution in [3.8, 4) is 0 Å². The number of nitrogens with zero attached hydrogens (tertiary/aromatic N) is 2. The number of alkyl halides is 2. The highest BCUT2D eigenvalue weighted by molar-refractivity contribution is 7.98. The first-order valence-corrected chi connectivity index (χ1v) is 12.8. The fraction of sp³-hybridized carbons (Fsp3) is 0.417. The summed E-state index contributed by atoms with van der Waals surface area (Å²) in [6.07, 6.45) is 4.07. The Morgan fingerprint density at radius 1 is 1.23 bits per heavy atom. The van der Waals surface area contributed by atoms with E-state index in [1.165, 1.54) is 6.08 Å². The van der Waals surface area contributed by atoms with Gasteiger partial charge in [0.05, 0.1) is 15.0 Å². The Bertz CT molecular complexity index is 1040. The van der Waals surface area contributed by atoms with Crippen molar-refractivity contribution in [2.24, 2.45) is 0 Å². The molecule has 3 nitrogen and oxygen atoms in total. The first-order valence-electron chi connectivity index (χ1n) is 10.6. The fourth-order valence-electron chi connectivity index (χ4n) is 4.33. The summed E-state index contributed by atoms with van der Waals surface area (Å²) < 4.78 is 43.6. The second kappa shape index (κ2) is 10.3. The maximum absolute atomic E-state index is 14.0. The standard InChI is InChI=1S/C24H31F2N2OPS/c1-4-19-10-6-7-12-21(24(25)26)23(19)27-14-16-28(17-15-27)31(29,5-2)18(3)20-11-8-9-13-22(20)30/h6-9,11-13,18,24H,2,4,10,14-17,30H2,1,3H3. The summed E-state index contributed by atoms with van der Waals surface area (Å²) in [6.45, 7) is 9.83. The fourth-order valence-corrected chi connectivity index (χ4v) is 7.05. The quantitative estimate of drug-likeness (QED) is 0.458. The summed E-state index contributed by atoms with van der Waals surface area (Å²) in [4.78, 5) is 2.04. The summed E-state index contributed by atoms with van der Waals surface area (Å²) in [7, 11) is 0.0493. The van der Waals surface area contributed by atoms with Crippen LogP contribution in [0.25, 0.3) is 0 Å². The van der Waals surface area contributed by atoms with Crippen LogP contribution in [-0.4, -0.2) is 51.0 Å². The smallest absolute Gasteiger partial charge is 0.265 e. The molecule has 0 saturated carbocycles. The van der Waals surface area contributed by atoms with Crippen LogP contribution in [0, 0.1) is 0 Å². The summed E-state index contributed by atoms with van der Waals surface area (Å²) in [6, 6.07) is 7.86. The Balaban J connectivity index is 1.85. The van der Waals surface area contributed by atoms with Crippen LogP contribution in [-0.2, 0) is 9.71 Å². The molecule has 7 heteroatoms. The van der Waals surface area contributed by atoms with Crippen molar-refractivity contribution < 1.29 is 13.0 Å². The Morgan fingerprint density at radius 2 is 1.90 bits per heavy atom. The highest BCUT2D eigenvalue weighted by Gasteiger charge is 2.32. The summed E-state index contributed by atoms with van der Waals surface area (Å²) in [5.74, 6) is 0. The van der Waals surface area contributed by atoms with Crippen LogP contribution < -0.4 is 5.30 Å². The van der Waals surface area contributed by atoms with Crippen LogP contribution in [0.15, 0.2) is 65.9 Å². The van der Waals surface area contributed by atoms with Gasteiger partial charge in [0, 0.05) is 37.4 Å². The highest BCUT2D eigenvalue weighted by atomic mass is 32.2. The monoisotopic (exact) mass is 464 g/mol. The topological polar surface area (TPSA) is 23.6 Å². The van der Waals surface area contributed by atoms with E-state index in [0.29, 0.717) is 38.3 Å². The average Bonchev–Trinajstić information content (AvgIpc) is 3.01. The second-order valence-corrected chi connectivity index (χ2v) is 11.0. The predicted octanol–water partition coefficient (Wildman–Crippen LogP) is 4.47. The third-order valence-corrected chi connectivity index (χ3v) is 9.39. The van der Waals surface area contributed by atoms with E-state index < -0.39 is 16.1 Å². The molecule has 31 heavy (non-hydrogen) atoms. The lowest BCUT2D eigenvalue weighted by Gasteiger charge is -2.40. The van der Waals surface area contributed by atoms with Crippen molar-refractivity contribution >= 4 is 29.3 Å². The number of hydrogen-bond donors (Lipinski definition) is 0. The van der Waals surface area contributed by atoms with Crippen molar-refractivity contribution in [1.82, 2.24) is 9.21 Å². The Labute approximate surface area is 187 Å². The Hall–Kier alpha value is -1.71. The lowest BCUT2D eigenvalue weighted by molar-refractivity contribution is 0.174. The minimum Gasteiger partial charge on any atom is -0.369 e. The molecule has 1 aromatic rings. The summed E-state index contributed by atoms with van der Waals surface area (Å²) >= 11 is 0. The van der Waals surface area contributed by atoms with Gasteiger partial charge in [0.15, 0.2) is 0 Å². The van der Waals surface area contributed by atoms with Gasteiger partial charge >= 0.3 is 0 Å². The number of allylic oxidation sites excluding steroid dienone is 5. The molecule has 3 unspecified atom stereocenters. The van der Waals surface area contributed by atoms with Gasteiger partial charge in [-0.3, -0.25) is 0 Å². The maximum atomic E-state index is 14.0. The molecule has 0 amide bonds. The van der Waals surface area contributed by atoms with Gasteiger partial charge < -0.3 is 4.90 Å². The van der Waals surface area contributed by atoms with E-state index in [0.717, 1.165) is 22.9 Å². The van der Waals surface area contributed by atoms with E-state index in [2.05, 4.69) is 20.8 Å². The molecular weight excluding hydrogens is 433 g/mol. The van der Waals surface area contributed by atoms with Gasteiger partial charge in [0.25, 0.3) is 6.43 Å². The van der Waals surface area contributed by atoms with Crippen LogP contribution in [0.5, 0.6) is 0 Å². The van der Waals surface area contributed by atoms with E-state index in [9.17, 15) is 13.0 Å². The SMILES string of the molecule is C=C=S(=O)(C(C)c1ccccc1P)N1CCN(C2=C(CC)CC=CC=C2C(F)F)CC1. The molecule has 1 fully saturated rings. The number of benzene rings is 1. The van der Waals surface area contributed by atoms with Crippen LogP contribution in [0.4, 0.5) is 8.78 Å².